The van der Waals surface area contributed by atoms with E-state index in [4.69, 9.17) is 47.5 Å². The highest BCUT2D eigenvalue weighted by Crippen LogP contribution is 2.41. The van der Waals surface area contributed by atoms with Gasteiger partial charge in [-0.3, -0.25) is 9.59 Å². The van der Waals surface area contributed by atoms with Gasteiger partial charge in [0.25, 0.3) is 0 Å². The van der Waals surface area contributed by atoms with Gasteiger partial charge in [0.2, 0.25) is 0 Å². The van der Waals surface area contributed by atoms with Crippen LogP contribution in [0.1, 0.15) is 77.6 Å². The average Bonchev–Trinajstić information content (AvgIpc) is 3.97. The summed E-state index contributed by atoms with van der Waals surface area (Å²) < 4.78 is 47.8. The van der Waals surface area contributed by atoms with Gasteiger partial charge in [-0.2, -0.15) is 0 Å². The largest absolute Gasteiger partial charge is 0.465 e. The van der Waals surface area contributed by atoms with E-state index in [0.29, 0.717) is 50.0 Å². The number of fused-ring (bicyclic) bond motifs is 3. The minimum absolute atomic E-state index is 0.0313. The molecular weight excluding hydrogens is 588 g/mol. The van der Waals surface area contributed by atoms with E-state index >= 15 is 0 Å². The lowest BCUT2D eigenvalue weighted by Gasteiger charge is -2.36. The number of epoxide rings is 3. The van der Waals surface area contributed by atoms with Crippen molar-refractivity contribution < 1.29 is 57.1 Å². The number of esters is 2. The molecule has 3 saturated carbocycles. The number of carbonyl (C=O) groups is 4. The van der Waals surface area contributed by atoms with E-state index in [0.717, 1.165) is 57.8 Å². The third-order valence-corrected chi connectivity index (χ3v) is 10.4. The van der Waals surface area contributed by atoms with Gasteiger partial charge in [0.15, 0.2) is 0 Å². The third kappa shape index (κ3) is 9.32. The van der Waals surface area contributed by atoms with E-state index in [2.05, 4.69) is 0 Å². The van der Waals surface area contributed by atoms with Crippen LogP contribution in [0.4, 0.5) is 0 Å². The Morgan fingerprint density at radius 1 is 0.600 bits per heavy atom. The Bertz CT molecular complexity index is 935. The van der Waals surface area contributed by atoms with Gasteiger partial charge in [-0.1, -0.05) is 0 Å². The van der Waals surface area contributed by atoms with E-state index < -0.39 is 5.41 Å². The molecular formula is C33H50O12. The first-order valence-corrected chi connectivity index (χ1v) is 16.7. The SMILES string of the molecule is C=O.C=O.CC1CC(C(=O)OCC(COC(=O)C2CCC3OC3C2)(COC2CCC3OC3C2)COC2CCC3OC3C2)CCO1. The van der Waals surface area contributed by atoms with Crippen molar-refractivity contribution in [1.29, 1.82) is 0 Å². The predicted octanol–water partition coefficient (Wildman–Crippen LogP) is 2.75. The molecule has 0 spiro atoms. The number of carbonyl (C=O) groups excluding carboxylic acids is 4. The van der Waals surface area contributed by atoms with Gasteiger partial charge in [0.1, 0.15) is 26.8 Å². The molecule has 0 aromatic rings. The van der Waals surface area contributed by atoms with Gasteiger partial charge in [-0.25, -0.2) is 0 Å². The Morgan fingerprint density at radius 3 is 1.53 bits per heavy atom. The van der Waals surface area contributed by atoms with Crippen LogP contribution in [-0.2, 0) is 57.1 Å². The molecule has 7 fully saturated rings. The third-order valence-electron chi connectivity index (χ3n) is 10.4. The number of hydrogen-bond donors (Lipinski definition) is 0. The van der Waals surface area contributed by atoms with Crippen molar-refractivity contribution in [3.8, 4) is 0 Å². The minimum atomic E-state index is -0.808. The van der Waals surface area contributed by atoms with Crippen molar-refractivity contribution in [2.24, 2.45) is 17.3 Å². The standard InChI is InChI=1S/C31H46O10.2CH2O/c1-18-10-20(8-9-34-18)30(33)38-17-31(14-35-21-3-6-24-27(12-21)40-24,15-36-22-4-7-25-28(13-22)41-25)16-37-29(32)19-2-5-23-26(11-19)39-23;2*1-2/h18-28H,2-17H2,1H3;2*1H2. The maximum Gasteiger partial charge on any atom is 0.309 e. The quantitative estimate of drug-likeness (QED) is 0.228. The molecule has 12 nitrogen and oxygen atoms in total. The second-order valence-corrected chi connectivity index (χ2v) is 13.8. The lowest BCUT2D eigenvalue weighted by molar-refractivity contribution is -0.175. The van der Waals surface area contributed by atoms with Crippen LogP contribution in [-0.4, -0.2) is 113 Å². The molecule has 0 aromatic carbocycles. The van der Waals surface area contributed by atoms with Crippen LogP contribution in [0, 0.1) is 17.3 Å². The van der Waals surface area contributed by atoms with Gasteiger partial charge < -0.3 is 47.5 Å². The topological polar surface area (TPSA) is 152 Å². The fourth-order valence-corrected chi connectivity index (χ4v) is 7.39. The Hall–Kier alpha value is -1.96. The Kier molecular flexibility index (Phi) is 12.0. The second-order valence-electron chi connectivity index (χ2n) is 13.8. The normalized spacial score (nSPS) is 40.2. The van der Waals surface area contributed by atoms with E-state index in [1.54, 1.807) is 0 Å². The van der Waals surface area contributed by atoms with E-state index in [1.807, 2.05) is 20.5 Å². The molecule has 45 heavy (non-hydrogen) atoms. The summed E-state index contributed by atoms with van der Waals surface area (Å²) >= 11 is 0. The fraction of sp³-hybridized carbons (Fsp3) is 0.879. The summed E-state index contributed by atoms with van der Waals surface area (Å²) in [6.07, 6.45) is 11.4. The van der Waals surface area contributed by atoms with Gasteiger partial charge in [0.05, 0.1) is 85.4 Å². The maximum atomic E-state index is 13.2. The van der Waals surface area contributed by atoms with E-state index in [-0.39, 0.29) is 74.6 Å². The molecule has 254 valence electrons. The van der Waals surface area contributed by atoms with Crippen molar-refractivity contribution in [3.63, 3.8) is 0 Å². The zero-order chi connectivity index (χ0) is 32.0. The Balaban J connectivity index is 0.000000963. The monoisotopic (exact) mass is 638 g/mol. The fourth-order valence-electron chi connectivity index (χ4n) is 7.39. The molecule has 7 aliphatic rings. The van der Waals surface area contributed by atoms with Crippen LogP contribution in [0.3, 0.4) is 0 Å². The van der Waals surface area contributed by atoms with Crippen molar-refractivity contribution in [2.75, 3.05) is 33.0 Å². The summed E-state index contributed by atoms with van der Waals surface area (Å²) in [6.45, 7) is 7.27. The Labute approximate surface area is 265 Å². The van der Waals surface area contributed by atoms with Crippen LogP contribution in [0.15, 0.2) is 0 Å². The molecule has 0 bridgehead atoms. The predicted molar refractivity (Wildman–Crippen MR) is 157 cm³/mol. The highest BCUT2D eigenvalue weighted by Gasteiger charge is 2.49. The molecule has 7 rings (SSSR count). The van der Waals surface area contributed by atoms with E-state index in [9.17, 15) is 9.59 Å². The zero-order valence-electron chi connectivity index (χ0n) is 26.5. The van der Waals surface area contributed by atoms with Crippen LogP contribution in [0.25, 0.3) is 0 Å². The second kappa shape index (κ2) is 15.8. The highest BCUT2D eigenvalue weighted by atomic mass is 16.6. The number of rotatable bonds is 12. The van der Waals surface area contributed by atoms with Crippen LogP contribution >= 0.6 is 0 Å². The van der Waals surface area contributed by atoms with Gasteiger partial charge in [0, 0.05) is 19.4 Å². The summed E-state index contributed by atoms with van der Waals surface area (Å²) in [7, 11) is 0. The molecule has 12 heteroatoms. The summed E-state index contributed by atoms with van der Waals surface area (Å²) in [4.78, 5) is 42.4. The first kappa shape index (κ1) is 34.4. The highest BCUT2D eigenvalue weighted by molar-refractivity contribution is 5.73. The maximum absolute atomic E-state index is 13.2. The first-order valence-electron chi connectivity index (χ1n) is 16.7. The molecule has 4 saturated heterocycles. The molecule has 0 amide bonds. The van der Waals surface area contributed by atoms with Gasteiger partial charge >= 0.3 is 11.9 Å². The number of hydrogen-bond acceptors (Lipinski definition) is 12. The first-order chi connectivity index (χ1) is 21.9. The van der Waals surface area contributed by atoms with Crippen LogP contribution < -0.4 is 0 Å². The van der Waals surface area contributed by atoms with Crippen molar-refractivity contribution in [3.05, 3.63) is 0 Å². The van der Waals surface area contributed by atoms with Crippen LogP contribution in [0.5, 0.6) is 0 Å². The van der Waals surface area contributed by atoms with Gasteiger partial charge in [-0.05, 0) is 64.7 Å². The Morgan fingerprint density at radius 2 is 1.07 bits per heavy atom. The summed E-state index contributed by atoms with van der Waals surface area (Å²) in [6, 6.07) is 0. The summed E-state index contributed by atoms with van der Waals surface area (Å²) in [5.74, 6) is -0.779. The minimum Gasteiger partial charge on any atom is -0.465 e. The molecule has 0 N–H and O–H groups in total. The van der Waals surface area contributed by atoms with Crippen LogP contribution in [0.2, 0.25) is 0 Å². The lowest BCUT2D eigenvalue weighted by Crippen LogP contribution is -2.46. The lowest BCUT2D eigenvalue weighted by atomic mass is 9.88. The van der Waals surface area contributed by atoms with Crippen molar-refractivity contribution in [1.82, 2.24) is 0 Å². The summed E-state index contributed by atoms with van der Waals surface area (Å²) in [5.41, 5.74) is -0.808. The molecule has 0 aromatic heterocycles. The molecule has 4 heterocycles. The molecule has 11 unspecified atom stereocenters. The van der Waals surface area contributed by atoms with Crippen molar-refractivity contribution >= 4 is 25.5 Å². The molecule has 0 radical (unpaired) electrons. The van der Waals surface area contributed by atoms with Gasteiger partial charge in [-0.15, -0.1) is 0 Å². The molecule has 4 aliphatic heterocycles. The molecule has 3 aliphatic carbocycles. The smallest absolute Gasteiger partial charge is 0.309 e. The zero-order valence-corrected chi connectivity index (χ0v) is 26.5. The van der Waals surface area contributed by atoms with E-state index in [1.165, 1.54) is 0 Å². The van der Waals surface area contributed by atoms with Crippen molar-refractivity contribution in [2.45, 2.75) is 132 Å². The summed E-state index contributed by atoms with van der Waals surface area (Å²) in [5, 5.41) is 0. The average molecular weight is 639 g/mol. The number of ether oxygens (including phenoxy) is 8. The molecule has 11 atom stereocenters.